The van der Waals surface area contributed by atoms with Crippen LogP contribution < -0.4 is 14.8 Å². The Bertz CT molecular complexity index is 804. The summed E-state index contributed by atoms with van der Waals surface area (Å²) in [6, 6.07) is 12.3. The number of carboxylic acids is 2. The lowest BCUT2D eigenvalue weighted by molar-refractivity contribution is -0.385. The van der Waals surface area contributed by atoms with Crippen molar-refractivity contribution in [2.45, 2.75) is 13.1 Å². The molecule has 0 bridgehead atoms. The predicted octanol–water partition coefficient (Wildman–Crippen LogP) is 2.06. The predicted molar refractivity (Wildman–Crippen MR) is 98.5 cm³/mol. The van der Waals surface area contributed by atoms with Gasteiger partial charge in [0.05, 0.1) is 19.1 Å². The fourth-order valence-corrected chi connectivity index (χ4v) is 2.15. The number of nitrogens with one attached hydrogen (secondary N) is 1. The van der Waals surface area contributed by atoms with Gasteiger partial charge in [-0.25, -0.2) is 9.59 Å². The van der Waals surface area contributed by atoms with Crippen LogP contribution in [0, 0.1) is 10.1 Å². The van der Waals surface area contributed by atoms with Gasteiger partial charge in [-0.3, -0.25) is 10.1 Å². The molecule has 0 saturated heterocycles. The molecule has 0 heterocycles. The van der Waals surface area contributed by atoms with Crippen molar-refractivity contribution in [1.29, 1.82) is 0 Å². The first-order chi connectivity index (χ1) is 13.3. The highest BCUT2D eigenvalue weighted by Gasteiger charge is 2.11. The van der Waals surface area contributed by atoms with Crippen molar-refractivity contribution in [2.24, 2.45) is 0 Å². The van der Waals surface area contributed by atoms with Gasteiger partial charge in [0.2, 0.25) is 0 Å². The number of benzene rings is 2. The molecule has 0 aliphatic carbocycles. The van der Waals surface area contributed by atoms with E-state index in [0.717, 1.165) is 5.56 Å². The number of para-hydroxylation sites is 1. The lowest BCUT2D eigenvalue weighted by Crippen LogP contribution is -2.14. The molecule has 150 valence electrons. The van der Waals surface area contributed by atoms with Gasteiger partial charge in [0.25, 0.3) is 5.69 Å². The lowest BCUT2D eigenvalue weighted by Gasteiger charge is -2.10. The third-order valence-electron chi connectivity index (χ3n) is 3.43. The zero-order valence-electron chi connectivity index (χ0n) is 15.2. The smallest absolute Gasteiger partial charge is 0.414 e. The Morgan fingerprint density at radius 2 is 1.54 bits per heavy atom. The maximum atomic E-state index is 11.0. The van der Waals surface area contributed by atoms with E-state index in [0.29, 0.717) is 30.2 Å². The number of ether oxygens (including phenoxy) is 2. The number of rotatable bonds is 7. The molecule has 0 aromatic heterocycles. The van der Waals surface area contributed by atoms with Gasteiger partial charge in [0.15, 0.2) is 0 Å². The van der Waals surface area contributed by atoms with Crippen molar-refractivity contribution in [3.63, 3.8) is 0 Å². The Morgan fingerprint density at radius 1 is 1.00 bits per heavy atom. The van der Waals surface area contributed by atoms with E-state index in [2.05, 4.69) is 5.32 Å². The first-order valence-corrected chi connectivity index (χ1v) is 7.89. The van der Waals surface area contributed by atoms with Crippen molar-refractivity contribution in [3.8, 4) is 11.5 Å². The fourth-order valence-electron chi connectivity index (χ4n) is 2.15. The van der Waals surface area contributed by atoms with Gasteiger partial charge in [-0.05, 0) is 17.7 Å². The van der Waals surface area contributed by atoms with Gasteiger partial charge in [0.1, 0.15) is 11.5 Å². The molecule has 10 heteroatoms. The monoisotopic (exact) mass is 392 g/mol. The molecule has 2 aromatic carbocycles. The van der Waals surface area contributed by atoms with Gasteiger partial charge in [-0.15, -0.1) is 0 Å². The summed E-state index contributed by atoms with van der Waals surface area (Å²) in [6.45, 7) is 0.969. The molecule has 0 aliphatic heterocycles. The minimum absolute atomic E-state index is 0.123. The molecule has 0 atom stereocenters. The average molecular weight is 392 g/mol. The lowest BCUT2D eigenvalue weighted by atomic mass is 10.1. The summed E-state index contributed by atoms with van der Waals surface area (Å²) >= 11 is 0. The van der Waals surface area contributed by atoms with Gasteiger partial charge in [-0.1, -0.05) is 18.2 Å². The van der Waals surface area contributed by atoms with Crippen LogP contribution in [-0.2, 0) is 22.7 Å². The Morgan fingerprint density at radius 3 is 2.00 bits per heavy atom. The molecular weight excluding hydrogens is 372 g/mol. The fraction of sp³-hybridized carbons (Fsp3) is 0.222. The highest BCUT2D eigenvalue weighted by atomic mass is 16.6. The average Bonchev–Trinajstić information content (AvgIpc) is 2.68. The summed E-state index contributed by atoms with van der Waals surface area (Å²) < 4.78 is 10.4. The normalized spacial score (nSPS) is 9.64. The minimum atomic E-state index is -1.82. The Hall–Kier alpha value is -3.66. The Kier molecular flexibility index (Phi) is 8.90. The molecular formula is C18H20N2O8. The van der Waals surface area contributed by atoms with E-state index in [1.807, 2.05) is 12.1 Å². The Balaban J connectivity index is 0.000000568. The van der Waals surface area contributed by atoms with Gasteiger partial charge >= 0.3 is 11.9 Å². The Labute approximate surface area is 160 Å². The molecule has 0 aliphatic rings. The van der Waals surface area contributed by atoms with E-state index in [4.69, 9.17) is 29.3 Å². The van der Waals surface area contributed by atoms with Gasteiger partial charge in [0, 0.05) is 30.8 Å². The largest absolute Gasteiger partial charge is 0.497 e. The molecule has 0 amide bonds. The highest BCUT2D eigenvalue weighted by Crippen LogP contribution is 2.23. The molecule has 10 nitrogen and oxygen atoms in total. The molecule has 28 heavy (non-hydrogen) atoms. The second-order valence-electron chi connectivity index (χ2n) is 5.32. The van der Waals surface area contributed by atoms with E-state index in [1.54, 1.807) is 38.5 Å². The van der Waals surface area contributed by atoms with E-state index in [9.17, 15) is 10.1 Å². The van der Waals surface area contributed by atoms with Crippen LogP contribution in [-0.4, -0.2) is 41.3 Å². The van der Waals surface area contributed by atoms with Crippen LogP contribution in [0.15, 0.2) is 42.5 Å². The van der Waals surface area contributed by atoms with Crippen LogP contribution in [0.25, 0.3) is 0 Å². The summed E-state index contributed by atoms with van der Waals surface area (Å²) in [5.41, 5.74) is 1.76. The van der Waals surface area contributed by atoms with E-state index in [1.165, 1.54) is 6.07 Å². The number of carbonyl (C=O) groups is 2. The third-order valence-corrected chi connectivity index (χ3v) is 3.43. The maximum Gasteiger partial charge on any atom is 0.414 e. The van der Waals surface area contributed by atoms with E-state index < -0.39 is 11.9 Å². The molecule has 0 unspecified atom stereocenters. The molecule has 0 radical (unpaired) electrons. The van der Waals surface area contributed by atoms with Crippen LogP contribution in [0.4, 0.5) is 5.69 Å². The molecule has 3 N–H and O–H groups in total. The van der Waals surface area contributed by atoms with Crippen molar-refractivity contribution in [3.05, 3.63) is 63.7 Å². The number of nitro benzene ring substituents is 1. The van der Waals surface area contributed by atoms with Crippen LogP contribution in [0.2, 0.25) is 0 Å². The molecule has 0 spiro atoms. The number of carboxylic acid groups (broad SMARTS) is 2. The van der Waals surface area contributed by atoms with Crippen LogP contribution in [0.3, 0.4) is 0 Å². The first-order valence-electron chi connectivity index (χ1n) is 7.89. The standard InChI is InChI=1S/C16H18N2O4.C2H2O4/c1-21-14-7-12(8-15(9-14)22-2)10-17-11-13-5-3-4-6-16(13)18(19)20;3-1(4)2(5)6/h3-9,17H,10-11H2,1-2H3;(H,3,4)(H,5,6). The third kappa shape index (κ3) is 7.30. The summed E-state index contributed by atoms with van der Waals surface area (Å²) in [4.78, 5) is 28.8. The number of nitro groups is 1. The number of nitrogens with zero attached hydrogens (tertiary/aromatic N) is 1. The number of hydrogen-bond acceptors (Lipinski definition) is 7. The van der Waals surface area contributed by atoms with Crippen LogP contribution in [0.1, 0.15) is 11.1 Å². The van der Waals surface area contributed by atoms with Gasteiger partial charge in [-0.2, -0.15) is 0 Å². The van der Waals surface area contributed by atoms with E-state index in [-0.39, 0.29) is 10.6 Å². The zero-order valence-corrected chi connectivity index (χ0v) is 15.2. The molecule has 0 fully saturated rings. The van der Waals surface area contributed by atoms with Crippen molar-refractivity contribution in [2.75, 3.05) is 14.2 Å². The highest BCUT2D eigenvalue weighted by molar-refractivity contribution is 6.27. The van der Waals surface area contributed by atoms with Crippen LogP contribution >= 0.6 is 0 Å². The van der Waals surface area contributed by atoms with Crippen molar-refractivity contribution >= 4 is 17.6 Å². The second-order valence-corrected chi connectivity index (χ2v) is 5.32. The minimum Gasteiger partial charge on any atom is -0.497 e. The summed E-state index contributed by atoms with van der Waals surface area (Å²) in [5, 5.41) is 28.9. The second kappa shape index (κ2) is 11.1. The zero-order chi connectivity index (χ0) is 21.1. The topological polar surface area (TPSA) is 148 Å². The maximum absolute atomic E-state index is 11.0. The summed E-state index contributed by atoms with van der Waals surface area (Å²) in [5.74, 6) is -2.23. The molecule has 0 saturated carbocycles. The van der Waals surface area contributed by atoms with Gasteiger partial charge < -0.3 is 25.0 Å². The summed E-state index contributed by atoms with van der Waals surface area (Å²) in [6.07, 6.45) is 0. The summed E-state index contributed by atoms with van der Waals surface area (Å²) in [7, 11) is 3.19. The van der Waals surface area contributed by atoms with Crippen LogP contribution in [0.5, 0.6) is 11.5 Å². The molecule has 2 rings (SSSR count). The van der Waals surface area contributed by atoms with E-state index >= 15 is 0 Å². The van der Waals surface area contributed by atoms with Crippen molar-refractivity contribution in [1.82, 2.24) is 5.32 Å². The quantitative estimate of drug-likeness (QED) is 0.366. The first kappa shape index (κ1) is 22.4. The number of hydrogen-bond donors (Lipinski definition) is 3. The SMILES string of the molecule is COc1cc(CNCc2ccccc2[N+](=O)[O-])cc(OC)c1.O=C(O)C(=O)O. The number of methoxy groups -OCH3 is 2. The van der Waals surface area contributed by atoms with Crippen molar-refractivity contribution < 1.29 is 34.2 Å². The molecule has 2 aromatic rings. The number of aliphatic carboxylic acids is 2.